The lowest BCUT2D eigenvalue weighted by Gasteiger charge is -2.43. The van der Waals surface area contributed by atoms with Gasteiger partial charge >= 0.3 is 0 Å². The van der Waals surface area contributed by atoms with Gasteiger partial charge in [-0.05, 0) is 25.9 Å². The van der Waals surface area contributed by atoms with Crippen LogP contribution in [0.2, 0.25) is 0 Å². The van der Waals surface area contributed by atoms with Gasteiger partial charge in [0.25, 0.3) is 10.2 Å². The van der Waals surface area contributed by atoms with Crippen molar-refractivity contribution in [1.82, 2.24) is 14.3 Å². The van der Waals surface area contributed by atoms with Crippen molar-refractivity contribution in [1.29, 1.82) is 0 Å². The van der Waals surface area contributed by atoms with Gasteiger partial charge in [-0.3, -0.25) is 0 Å². The van der Waals surface area contributed by atoms with Gasteiger partial charge in [0.1, 0.15) is 0 Å². The lowest BCUT2D eigenvalue weighted by atomic mass is 9.79. The first-order valence-corrected chi connectivity index (χ1v) is 6.40. The van der Waals surface area contributed by atoms with Crippen molar-refractivity contribution < 1.29 is 8.42 Å². The first kappa shape index (κ1) is 10.4. The Labute approximate surface area is 85.0 Å². The minimum atomic E-state index is -3.17. The highest BCUT2D eigenvalue weighted by molar-refractivity contribution is 7.87. The normalized spacial score (nSPS) is 31.8. The van der Waals surface area contributed by atoms with Crippen molar-refractivity contribution in [2.24, 2.45) is 5.41 Å². The maximum Gasteiger partial charge on any atom is 0.279 e. The fourth-order valence-corrected chi connectivity index (χ4v) is 3.41. The summed E-state index contributed by atoms with van der Waals surface area (Å²) in [5, 5.41) is 3.30. The van der Waals surface area contributed by atoms with E-state index in [0.29, 0.717) is 13.1 Å². The van der Waals surface area contributed by atoms with Crippen LogP contribution in [0.25, 0.3) is 0 Å². The Balaban J connectivity index is 2.11. The topological polar surface area (TPSA) is 61.4 Å². The molecule has 0 aliphatic carbocycles. The van der Waals surface area contributed by atoms with Crippen LogP contribution in [0.1, 0.15) is 12.8 Å². The summed E-state index contributed by atoms with van der Waals surface area (Å²) in [7, 11) is -1.53. The number of rotatable bonds is 0. The largest absolute Gasteiger partial charge is 0.317 e. The molecule has 0 saturated carbocycles. The Morgan fingerprint density at radius 1 is 1.29 bits per heavy atom. The van der Waals surface area contributed by atoms with E-state index in [1.165, 1.54) is 4.31 Å². The second-order valence-electron chi connectivity index (χ2n) is 4.33. The van der Waals surface area contributed by atoms with Crippen LogP contribution in [-0.4, -0.2) is 45.9 Å². The average molecular weight is 219 g/mol. The molecule has 1 spiro atoms. The molecule has 2 aliphatic rings. The van der Waals surface area contributed by atoms with Crippen molar-refractivity contribution in [3.8, 4) is 0 Å². The van der Waals surface area contributed by atoms with Crippen molar-refractivity contribution in [3.63, 3.8) is 0 Å². The molecule has 14 heavy (non-hydrogen) atoms. The van der Waals surface area contributed by atoms with E-state index < -0.39 is 10.2 Å². The molecule has 2 saturated heterocycles. The zero-order valence-corrected chi connectivity index (χ0v) is 9.23. The molecular weight excluding hydrogens is 202 g/mol. The van der Waals surface area contributed by atoms with Gasteiger partial charge in [0.15, 0.2) is 0 Å². The Morgan fingerprint density at radius 3 is 2.50 bits per heavy atom. The van der Waals surface area contributed by atoms with Crippen LogP contribution >= 0.6 is 0 Å². The van der Waals surface area contributed by atoms with Crippen molar-refractivity contribution in [2.75, 3.05) is 33.2 Å². The highest BCUT2D eigenvalue weighted by atomic mass is 32.2. The molecule has 0 aromatic rings. The molecular formula is C8H17N3O2S. The molecule has 0 aromatic heterocycles. The third kappa shape index (κ3) is 1.79. The maximum atomic E-state index is 11.4. The lowest BCUT2D eigenvalue weighted by Crippen LogP contribution is -2.58. The minimum absolute atomic E-state index is 0.158. The molecule has 0 atom stereocenters. The predicted molar refractivity (Wildman–Crippen MR) is 54.1 cm³/mol. The number of nitrogens with one attached hydrogen (secondary N) is 2. The molecule has 0 unspecified atom stereocenters. The quantitative estimate of drug-likeness (QED) is 0.557. The second-order valence-corrected chi connectivity index (χ2v) is 6.19. The first-order valence-electron chi connectivity index (χ1n) is 4.96. The van der Waals surface area contributed by atoms with Gasteiger partial charge < -0.3 is 5.32 Å². The zero-order valence-electron chi connectivity index (χ0n) is 8.41. The highest BCUT2D eigenvalue weighted by Gasteiger charge is 2.40. The SMILES string of the molecule is CN1CC2(CCNCC2)CNS1(=O)=O. The van der Waals surface area contributed by atoms with E-state index in [-0.39, 0.29) is 5.41 Å². The predicted octanol–water partition coefficient (Wildman–Crippen LogP) is -0.864. The van der Waals surface area contributed by atoms with Crippen LogP contribution in [0.15, 0.2) is 0 Å². The summed E-state index contributed by atoms with van der Waals surface area (Å²) in [6.45, 7) is 3.25. The second kappa shape index (κ2) is 3.44. The summed E-state index contributed by atoms with van der Waals surface area (Å²) < 4.78 is 26.9. The van der Waals surface area contributed by atoms with Gasteiger partial charge in [0.2, 0.25) is 0 Å². The van der Waals surface area contributed by atoms with E-state index >= 15 is 0 Å². The number of nitrogens with zero attached hydrogens (tertiary/aromatic N) is 1. The van der Waals surface area contributed by atoms with Gasteiger partial charge in [0, 0.05) is 25.6 Å². The molecule has 0 amide bonds. The molecule has 0 aromatic carbocycles. The standard InChI is InChI=1S/C8H17N3O2S/c1-11-7-8(2-4-9-5-3-8)6-10-14(11,12)13/h9-10H,2-7H2,1H3. The van der Waals surface area contributed by atoms with Crippen molar-refractivity contribution in [3.05, 3.63) is 0 Å². The van der Waals surface area contributed by atoms with Gasteiger partial charge in [-0.1, -0.05) is 0 Å². The molecule has 0 bridgehead atoms. The third-order valence-electron chi connectivity index (χ3n) is 3.26. The summed E-state index contributed by atoms with van der Waals surface area (Å²) in [5.41, 5.74) is 0.158. The Bertz CT molecular complexity index is 309. The van der Waals surface area contributed by atoms with Gasteiger partial charge in [-0.2, -0.15) is 12.7 Å². The fourth-order valence-electron chi connectivity index (χ4n) is 2.26. The molecule has 2 rings (SSSR count). The van der Waals surface area contributed by atoms with E-state index in [1.54, 1.807) is 7.05 Å². The number of hydrogen-bond acceptors (Lipinski definition) is 3. The zero-order chi connectivity index (χ0) is 10.2. The van der Waals surface area contributed by atoms with Gasteiger partial charge in [-0.25, -0.2) is 4.72 Å². The van der Waals surface area contributed by atoms with Crippen LogP contribution in [0.5, 0.6) is 0 Å². The Hall–Kier alpha value is -0.170. The molecule has 2 aliphatic heterocycles. The van der Waals surface area contributed by atoms with E-state index in [4.69, 9.17) is 0 Å². The lowest BCUT2D eigenvalue weighted by molar-refractivity contribution is 0.152. The molecule has 6 heteroatoms. The molecule has 2 N–H and O–H groups in total. The van der Waals surface area contributed by atoms with Crippen LogP contribution in [0.3, 0.4) is 0 Å². The van der Waals surface area contributed by atoms with E-state index in [9.17, 15) is 8.42 Å². The van der Waals surface area contributed by atoms with Crippen LogP contribution < -0.4 is 10.0 Å². The fraction of sp³-hybridized carbons (Fsp3) is 1.00. The summed E-state index contributed by atoms with van der Waals surface area (Å²) >= 11 is 0. The van der Waals surface area contributed by atoms with E-state index in [1.807, 2.05) is 0 Å². The van der Waals surface area contributed by atoms with E-state index in [2.05, 4.69) is 10.0 Å². The number of hydrogen-bond donors (Lipinski definition) is 2. The van der Waals surface area contributed by atoms with Crippen molar-refractivity contribution in [2.45, 2.75) is 12.8 Å². The monoisotopic (exact) mass is 219 g/mol. The maximum absolute atomic E-state index is 11.4. The third-order valence-corrected chi connectivity index (χ3v) is 4.72. The number of piperidine rings is 1. The summed E-state index contributed by atoms with van der Waals surface area (Å²) in [6, 6.07) is 0. The minimum Gasteiger partial charge on any atom is -0.317 e. The molecule has 2 fully saturated rings. The van der Waals surface area contributed by atoms with Crippen molar-refractivity contribution >= 4 is 10.2 Å². The van der Waals surface area contributed by atoms with Gasteiger partial charge in [-0.15, -0.1) is 0 Å². The summed E-state index contributed by atoms with van der Waals surface area (Å²) in [4.78, 5) is 0. The van der Waals surface area contributed by atoms with Gasteiger partial charge in [0.05, 0.1) is 0 Å². The average Bonchev–Trinajstić information content (AvgIpc) is 2.15. The molecule has 2 heterocycles. The molecule has 0 radical (unpaired) electrons. The Kier molecular flexibility index (Phi) is 2.55. The summed E-state index contributed by atoms with van der Waals surface area (Å²) in [5.74, 6) is 0. The smallest absolute Gasteiger partial charge is 0.279 e. The van der Waals surface area contributed by atoms with Crippen LogP contribution in [-0.2, 0) is 10.2 Å². The first-order chi connectivity index (χ1) is 6.54. The molecule has 82 valence electrons. The van der Waals surface area contributed by atoms with E-state index in [0.717, 1.165) is 25.9 Å². The summed E-state index contributed by atoms with van der Waals surface area (Å²) in [6.07, 6.45) is 2.11. The van der Waals surface area contributed by atoms with Crippen LogP contribution in [0, 0.1) is 5.41 Å². The molecule has 5 nitrogen and oxygen atoms in total. The van der Waals surface area contributed by atoms with Crippen LogP contribution in [0.4, 0.5) is 0 Å². The highest BCUT2D eigenvalue weighted by Crippen LogP contribution is 2.32. The Morgan fingerprint density at radius 2 is 1.93 bits per heavy atom.